The number of nitrogens with zero attached hydrogens (tertiary/aromatic N) is 1. The van der Waals surface area contributed by atoms with Crippen molar-refractivity contribution in [3.63, 3.8) is 0 Å². The summed E-state index contributed by atoms with van der Waals surface area (Å²) in [5.74, 6) is -0.0688. The van der Waals surface area contributed by atoms with Gasteiger partial charge in [-0.1, -0.05) is 0 Å². The van der Waals surface area contributed by atoms with Crippen LogP contribution in [0.1, 0.15) is 28.8 Å². The summed E-state index contributed by atoms with van der Waals surface area (Å²) in [4.78, 5) is 24.1. The van der Waals surface area contributed by atoms with Crippen LogP contribution in [0.3, 0.4) is 0 Å². The maximum absolute atomic E-state index is 12.2. The number of carboxylic acids is 1. The number of carbonyl (C=O) groups is 2. The van der Waals surface area contributed by atoms with Gasteiger partial charge in [0.1, 0.15) is 5.75 Å². The Labute approximate surface area is 111 Å². The molecule has 1 aromatic rings. The van der Waals surface area contributed by atoms with E-state index in [1.54, 1.807) is 18.0 Å². The number of ether oxygens (including phenoxy) is 1. The van der Waals surface area contributed by atoms with E-state index in [9.17, 15) is 9.59 Å². The van der Waals surface area contributed by atoms with Crippen LogP contribution in [0.4, 0.5) is 0 Å². The highest BCUT2D eigenvalue weighted by molar-refractivity contribution is 5.94. The van der Waals surface area contributed by atoms with Gasteiger partial charge in [0.25, 0.3) is 5.91 Å². The van der Waals surface area contributed by atoms with Crippen molar-refractivity contribution < 1.29 is 19.4 Å². The second-order valence-electron chi connectivity index (χ2n) is 4.64. The number of hydrogen-bond acceptors (Lipinski definition) is 3. The molecule has 0 atom stereocenters. The first-order chi connectivity index (χ1) is 9.08. The second-order valence-corrected chi connectivity index (χ2v) is 4.64. The minimum absolute atomic E-state index is 0.0790. The highest BCUT2D eigenvalue weighted by Crippen LogP contribution is 2.26. The summed E-state index contributed by atoms with van der Waals surface area (Å²) in [5.41, 5.74) is 1.69. The van der Waals surface area contributed by atoms with Gasteiger partial charge in [0.05, 0.1) is 6.61 Å². The molecule has 0 aromatic heterocycles. The Hall–Kier alpha value is -2.04. The Morgan fingerprint density at radius 3 is 2.95 bits per heavy atom. The minimum atomic E-state index is -0.837. The standard InChI is InChI=1S/C14H17NO4/c1-15(7-2-3-13(16)17)14(18)11-4-5-12-10(9-11)6-8-19-12/h4-5,9H,2-3,6-8H2,1H3,(H,16,17). The van der Waals surface area contributed by atoms with Gasteiger partial charge in [-0.25, -0.2) is 0 Å². The van der Waals surface area contributed by atoms with E-state index in [0.717, 1.165) is 17.7 Å². The van der Waals surface area contributed by atoms with E-state index >= 15 is 0 Å². The number of benzene rings is 1. The first kappa shape index (κ1) is 13.4. The van der Waals surface area contributed by atoms with Crippen molar-refractivity contribution in [2.45, 2.75) is 19.3 Å². The number of carbonyl (C=O) groups excluding carboxylic acids is 1. The Balaban J connectivity index is 1.97. The molecule has 19 heavy (non-hydrogen) atoms. The van der Waals surface area contributed by atoms with Gasteiger partial charge in [-0.3, -0.25) is 9.59 Å². The van der Waals surface area contributed by atoms with Crippen LogP contribution in [0.15, 0.2) is 18.2 Å². The number of rotatable bonds is 5. The predicted molar refractivity (Wildman–Crippen MR) is 69.5 cm³/mol. The molecule has 0 fully saturated rings. The lowest BCUT2D eigenvalue weighted by Gasteiger charge is -2.17. The lowest BCUT2D eigenvalue weighted by molar-refractivity contribution is -0.137. The summed E-state index contributed by atoms with van der Waals surface area (Å²) in [7, 11) is 1.69. The average Bonchev–Trinajstić information content (AvgIpc) is 2.84. The van der Waals surface area contributed by atoms with Crippen LogP contribution in [-0.2, 0) is 11.2 Å². The molecule has 0 radical (unpaired) electrons. The Morgan fingerprint density at radius 2 is 2.21 bits per heavy atom. The van der Waals surface area contributed by atoms with Crippen LogP contribution >= 0.6 is 0 Å². The van der Waals surface area contributed by atoms with Crippen LogP contribution in [-0.4, -0.2) is 42.1 Å². The van der Waals surface area contributed by atoms with E-state index in [0.29, 0.717) is 25.1 Å². The molecule has 1 aliphatic heterocycles. The summed E-state index contributed by atoms with van der Waals surface area (Å²) >= 11 is 0. The summed E-state index contributed by atoms with van der Waals surface area (Å²) in [6, 6.07) is 5.43. The molecule has 1 amide bonds. The summed E-state index contributed by atoms with van der Waals surface area (Å²) < 4.78 is 5.39. The van der Waals surface area contributed by atoms with E-state index in [1.807, 2.05) is 12.1 Å². The van der Waals surface area contributed by atoms with Crippen LogP contribution in [0.5, 0.6) is 5.75 Å². The van der Waals surface area contributed by atoms with Crippen molar-refractivity contribution >= 4 is 11.9 Å². The van der Waals surface area contributed by atoms with Gasteiger partial charge in [-0.2, -0.15) is 0 Å². The summed E-state index contributed by atoms with van der Waals surface area (Å²) in [6.07, 6.45) is 1.38. The van der Waals surface area contributed by atoms with Crippen LogP contribution in [0, 0.1) is 0 Å². The van der Waals surface area contributed by atoms with Crippen molar-refractivity contribution in [3.05, 3.63) is 29.3 Å². The van der Waals surface area contributed by atoms with Crippen molar-refractivity contribution in [2.24, 2.45) is 0 Å². The molecule has 1 aromatic carbocycles. The van der Waals surface area contributed by atoms with E-state index < -0.39 is 5.97 Å². The highest BCUT2D eigenvalue weighted by Gasteiger charge is 2.17. The van der Waals surface area contributed by atoms with Gasteiger partial charge in [0.15, 0.2) is 0 Å². The first-order valence-corrected chi connectivity index (χ1v) is 6.31. The van der Waals surface area contributed by atoms with Gasteiger partial charge in [-0.15, -0.1) is 0 Å². The van der Waals surface area contributed by atoms with E-state index in [1.165, 1.54) is 0 Å². The molecule has 1 aliphatic rings. The number of carboxylic acid groups (broad SMARTS) is 1. The zero-order valence-electron chi connectivity index (χ0n) is 10.9. The zero-order valence-corrected chi connectivity index (χ0v) is 10.9. The van der Waals surface area contributed by atoms with Gasteiger partial charge >= 0.3 is 5.97 Å². The van der Waals surface area contributed by atoms with Gasteiger partial charge < -0.3 is 14.7 Å². The normalized spacial score (nSPS) is 12.7. The number of hydrogen-bond donors (Lipinski definition) is 1. The molecule has 1 heterocycles. The van der Waals surface area contributed by atoms with Crippen molar-refractivity contribution in [2.75, 3.05) is 20.2 Å². The molecule has 0 unspecified atom stereocenters. The fourth-order valence-electron chi connectivity index (χ4n) is 2.11. The topological polar surface area (TPSA) is 66.8 Å². The van der Waals surface area contributed by atoms with E-state index in [-0.39, 0.29) is 12.3 Å². The quantitative estimate of drug-likeness (QED) is 0.875. The maximum atomic E-state index is 12.2. The van der Waals surface area contributed by atoms with Gasteiger partial charge in [0.2, 0.25) is 0 Å². The third-order valence-electron chi connectivity index (χ3n) is 3.17. The summed E-state index contributed by atoms with van der Waals surface area (Å²) in [6.45, 7) is 1.11. The molecule has 0 spiro atoms. The third-order valence-corrected chi connectivity index (χ3v) is 3.17. The lowest BCUT2D eigenvalue weighted by Crippen LogP contribution is -2.28. The van der Waals surface area contributed by atoms with Crippen LogP contribution < -0.4 is 4.74 Å². The summed E-state index contributed by atoms with van der Waals surface area (Å²) in [5, 5.41) is 8.57. The first-order valence-electron chi connectivity index (χ1n) is 6.31. The molecule has 102 valence electrons. The van der Waals surface area contributed by atoms with E-state index in [4.69, 9.17) is 9.84 Å². The fourth-order valence-corrected chi connectivity index (χ4v) is 2.11. The largest absolute Gasteiger partial charge is 0.493 e. The minimum Gasteiger partial charge on any atom is -0.493 e. The smallest absolute Gasteiger partial charge is 0.303 e. The molecular weight excluding hydrogens is 246 g/mol. The Kier molecular flexibility index (Phi) is 4.04. The Morgan fingerprint density at radius 1 is 1.42 bits per heavy atom. The maximum Gasteiger partial charge on any atom is 0.303 e. The Bertz CT molecular complexity index is 498. The van der Waals surface area contributed by atoms with Gasteiger partial charge in [-0.05, 0) is 30.2 Å². The number of fused-ring (bicyclic) bond motifs is 1. The SMILES string of the molecule is CN(CCCC(=O)O)C(=O)c1ccc2c(c1)CCO2. The molecule has 5 nitrogen and oxygen atoms in total. The predicted octanol–water partition coefficient (Wildman–Crippen LogP) is 1.56. The molecular formula is C14H17NO4. The van der Waals surface area contributed by atoms with Crippen molar-refractivity contribution in [1.82, 2.24) is 4.90 Å². The van der Waals surface area contributed by atoms with Crippen LogP contribution in [0.2, 0.25) is 0 Å². The number of amides is 1. The molecule has 0 aliphatic carbocycles. The van der Waals surface area contributed by atoms with Gasteiger partial charge in [0, 0.05) is 32.0 Å². The third kappa shape index (κ3) is 3.24. The van der Waals surface area contributed by atoms with Crippen molar-refractivity contribution in [1.29, 1.82) is 0 Å². The highest BCUT2D eigenvalue weighted by atomic mass is 16.5. The molecule has 1 N–H and O–H groups in total. The van der Waals surface area contributed by atoms with E-state index in [2.05, 4.69) is 0 Å². The van der Waals surface area contributed by atoms with Crippen LogP contribution in [0.25, 0.3) is 0 Å². The monoisotopic (exact) mass is 263 g/mol. The molecule has 5 heteroatoms. The molecule has 0 bridgehead atoms. The zero-order chi connectivity index (χ0) is 13.8. The van der Waals surface area contributed by atoms with Crippen molar-refractivity contribution in [3.8, 4) is 5.75 Å². The lowest BCUT2D eigenvalue weighted by atomic mass is 10.1. The molecule has 2 rings (SSSR count). The molecule has 0 saturated carbocycles. The average molecular weight is 263 g/mol. The number of aliphatic carboxylic acids is 1. The second kappa shape index (κ2) is 5.73. The fraction of sp³-hybridized carbons (Fsp3) is 0.429. The molecule has 0 saturated heterocycles.